The van der Waals surface area contributed by atoms with Gasteiger partial charge in [-0.2, -0.15) is 23.1 Å². The number of anilines is 4. The molecule has 4 aromatic rings. The molecule has 1 atom stereocenters. The number of ether oxygens (including phenoxy) is 1. The average Bonchev–Trinajstić information content (AvgIpc) is 3.48. The fourth-order valence-electron chi connectivity index (χ4n) is 6.14. The summed E-state index contributed by atoms with van der Waals surface area (Å²) in [4.78, 5) is 33.9. The van der Waals surface area contributed by atoms with Crippen molar-refractivity contribution in [3.63, 3.8) is 0 Å². The van der Waals surface area contributed by atoms with Gasteiger partial charge in [-0.3, -0.25) is 4.79 Å². The number of carbonyl (C=O) groups is 1. The Balaban J connectivity index is 1.32. The lowest BCUT2D eigenvalue weighted by atomic mass is 9.96. The molecule has 1 amide bonds. The summed E-state index contributed by atoms with van der Waals surface area (Å²) in [6, 6.07) is 13.2. The zero-order valence-electron chi connectivity index (χ0n) is 26.1. The fraction of sp³-hybridized carbons (Fsp3) is 0.455. The van der Waals surface area contributed by atoms with Crippen molar-refractivity contribution in [2.24, 2.45) is 5.92 Å². The molecular formula is C33H39F3N8O2. The van der Waals surface area contributed by atoms with E-state index in [1.54, 1.807) is 6.33 Å². The Morgan fingerprint density at radius 1 is 0.978 bits per heavy atom. The third-order valence-electron chi connectivity index (χ3n) is 8.72. The highest BCUT2D eigenvalue weighted by Gasteiger charge is 2.31. The van der Waals surface area contributed by atoms with Gasteiger partial charge in [0, 0.05) is 50.6 Å². The van der Waals surface area contributed by atoms with Gasteiger partial charge in [-0.15, -0.1) is 0 Å². The van der Waals surface area contributed by atoms with Crippen LogP contribution < -0.4 is 15.1 Å². The second-order valence-corrected chi connectivity index (χ2v) is 11.7. The summed E-state index contributed by atoms with van der Waals surface area (Å²) in [6.45, 7) is 9.87. The molecule has 0 bridgehead atoms. The first kappa shape index (κ1) is 31.6. The number of imidazole rings is 1. The highest BCUT2D eigenvalue weighted by molar-refractivity contribution is 5.87. The van der Waals surface area contributed by atoms with Gasteiger partial charge in [0.05, 0.1) is 37.6 Å². The van der Waals surface area contributed by atoms with Crippen molar-refractivity contribution in [3.8, 4) is 0 Å². The van der Waals surface area contributed by atoms with Gasteiger partial charge in [0.25, 0.3) is 0 Å². The highest BCUT2D eigenvalue weighted by atomic mass is 19.4. The Hall–Kier alpha value is -4.39. The van der Waals surface area contributed by atoms with Crippen LogP contribution in [0.2, 0.25) is 0 Å². The van der Waals surface area contributed by atoms with Gasteiger partial charge in [-0.05, 0) is 68.7 Å². The number of nitrogens with one attached hydrogen (secondary N) is 1. The maximum atomic E-state index is 13.3. The van der Waals surface area contributed by atoms with E-state index in [0.29, 0.717) is 67.9 Å². The number of amides is 1. The molecule has 4 heterocycles. The number of alkyl halides is 3. The van der Waals surface area contributed by atoms with Crippen molar-refractivity contribution in [2.45, 2.75) is 39.4 Å². The van der Waals surface area contributed by atoms with Crippen LogP contribution in [0, 0.1) is 5.92 Å². The molecule has 1 N–H and O–H groups in total. The largest absolute Gasteiger partial charge is 0.416 e. The van der Waals surface area contributed by atoms with Gasteiger partial charge in [-0.1, -0.05) is 12.1 Å². The van der Waals surface area contributed by atoms with E-state index in [0.717, 1.165) is 49.4 Å². The van der Waals surface area contributed by atoms with Crippen LogP contribution in [0.15, 0.2) is 54.9 Å². The molecule has 1 unspecified atom stereocenters. The second kappa shape index (κ2) is 13.5. The third kappa shape index (κ3) is 6.88. The van der Waals surface area contributed by atoms with Crippen LogP contribution in [0.4, 0.5) is 36.3 Å². The molecule has 2 aliphatic heterocycles. The number of morpholine rings is 1. The molecule has 0 radical (unpaired) electrons. The number of carbonyl (C=O) groups excluding carboxylic acids is 1. The average molecular weight is 637 g/mol. The summed E-state index contributed by atoms with van der Waals surface area (Å²) in [6.07, 6.45) is -1.13. The zero-order chi connectivity index (χ0) is 32.3. The van der Waals surface area contributed by atoms with Crippen LogP contribution in [0.1, 0.15) is 37.8 Å². The summed E-state index contributed by atoms with van der Waals surface area (Å²) in [5.74, 6) is 0.976. The van der Waals surface area contributed by atoms with Crippen LogP contribution in [0.5, 0.6) is 0 Å². The van der Waals surface area contributed by atoms with E-state index in [4.69, 9.17) is 14.7 Å². The summed E-state index contributed by atoms with van der Waals surface area (Å²) in [5.41, 5.74) is 3.02. The summed E-state index contributed by atoms with van der Waals surface area (Å²) in [5, 5.41) is 3.43. The predicted octanol–water partition coefficient (Wildman–Crippen LogP) is 5.56. The summed E-state index contributed by atoms with van der Waals surface area (Å²) >= 11 is 0. The van der Waals surface area contributed by atoms with Gasteiger partial charge in [0.1, 0.15) is 0 Å². The predicted molar refractivity (Wildman–Crippen MR) is 171 cm³/mol. The van der Waals surface area contributed by atoms with Crippen molar-refractivity contribution in [3.05, 3.63) is 66.0 Å². The van der Waals surface area contributed by atoms with Gasteiger partial charge >= 0.3 is 6.18 Å². The lowest BCUT2D eigenvalue weighted by Gasteiger charge is -2.34. The van der Waals surface area contributed by atoms with E-state index < -0.39 is 11.7 Å². The molecule has 46 heavy (non-hydrogen) atoms. The minimum atomic E-state index is -4.40. The van der Waals surface area contributed by atoms with Crippen LogP contribution in [0.25, 0.3) is 11.2 Å². The lowest BCUT2D eigenvalue weighted by molar-refractivity contribution is -0.137. The highest BCUT2D eigenvalue weighted by Crippen LogP contribution is 2.31. The van der Waals surface area contributed by atoms with Crippen molar-refractivity contribution in [2.75, 3.05) is 67.6 Å². The number of halogens is 3. The number of fused-ring (bicyclic) bond motifs is 1. The molecule has 2 fully saturated rings. The fourth-order valence-corrected chi connectivity index (χ4v) is 6.14. The Morgan fingerprint density at radius 2 is 1.70 bits per heavy atom. The molecular weight excluding hydrogens is 597 g/mol. The van der Waals surface area contributed by atoms with E-state index in [1.165, 1.54) is 12.1 Å². The first-order valence-electron chi connectivity index (χ1n) is 15.9. The Kier molecular flexibility index (Phi) is 9.29. The zero-order valence-corrected chi connectivity index (χ0v) is 26.1. The molecule has 6 rings (SSSR count). The van der Waals surface area contributed by atoms with Crippen molar-refractivity contribution < 1.29 is 22.7 Å². The Labute approximate surface area is 266 Å². The molecule has 244 valence electrons. The maximum Gasteiger partial charge on any atom is 0.416 e. The smallest absolute Gasteiger partial charge is 0.378 e. The number of nitrogens with zero attached hydrogens (tertiary/aromatic N) is 7. The summed E-state index contributed by atoms with van der Waals surface area (Å²) < 4.78 is 46.8. The normalized spacial score (nSPS) is 17.4. The van der Waals surface area contributed by atoms with E-state index in [1.807, 2.05) is 35.4 Å². The SMILES string of the molecule is CCN(CC)C(=O)C1CCCN(c2nc(Nc3ccc(N4CCOCC4)cc3)c3ncn(Cc4ccc(C(F)(F)F)cc4)c3n2)C1. The second-order valence-electron chi connectivity index (χ2n) is 11.7. The molecule has 0 saturated carbocycles. The Bertz CT molecular complexity index is 1630. The number of benzene rings is 2. The molecule has 13 heteroatoms. The van der Waals surface area contributed by atoms with Crippen LogP contribution in [0.3, 0.4) is 0 Å². The van der Waals surface area contributed by atoms with E-state index >= 15 is 0 Å². The molecule has 0 aliphatic carbocycles. The van der Waals surface area contributed by atoms with Gasteiger partial charge < -0.3 is 29.3 Å². The van der Waals surface area contributed by atoms with Crippen molar-refractivity contribution in [1.29, 1.82) is 0 Å². The molecule has 2 aromatic heterocycles. The topological polar surface area (TPSA) is 91.7 Å². The number of hydrogen-bond acceptors (Lipinski definition) is 8. The van der Waals surface area contributed by atoms with Crippen molar-refractivity contribution in [1.82, 2.24) is 24.4 Å². The number of piperidine rings is 1. The van der Waals surface area contributed by atoms with E-state index in [2.05, 4.69) is 32.2 Å². The van der Waals surface area contributed by atoms with Crippen LogP contribution in [-0.4, -0.2) is 82.8 Å². The first-order chi connectivity index (χ1) is 22.2. The third-order valence-corrected chi connectivity index (χ3v) is 8.72. The minimum absolute atomic E-state index is 0.141. The van der Waals surface area contributed by atoms with Crippen LogP contribution >= 0.6 is 0 Å². The minimum Gasteiger partial charge on any atom is -0.378 e. The van der Waals surface area contributed by atoms with E-state index in [9.17, 15) is 18.0 Å². The molecule has 2 aromatic carbocycles. The number of aromatic nitrogens is 4. The standard InChI is InChI=1S/C33H39F3N8O2/c1-3-41(4-2)31(45)24-6-5-15-43(21-24)32-39-29(38-26-11-13-27(14-12-26)42-16-18-46-19-17-42)28-30(40-32)44(22-37-28)20-23-7-9-25(10-8-23)33(34,35)36/h7-14,22,24H,3-6,15-21H2,1-2H3,(H,38,39,40). The van der Waals surface area contributed by atoms with E-state index in [-0.39, 0.29) is 18.4 Å². The van der Waals surface area contributed by atoms with Gasteiger partial charge in [0.15, 0.2) is 17.0 Å². The van der Waals surface area contributed by atoms with Gasteiger partial charge in [-0.25, -0.2) is 4.98 Å². The summed E-state index contributed by atoms with van der Waals surface area (Å²) in [7, 11) is 0. The number of rotatable bonds is 9. The molecule has 0 spiro atoms. The maximum absolute atomic E-state index is 13.3. The van der Waals surface area contributed by atoms with Crippen LogP contribution in [-0.2, 0) is 22.3 Å². The monoisotopic (exact) mass is 636 g/mol. The van der Waals surface area contributed by atoms with Crippen molar-refractivity contribution >= 4 is 40.2 Å². The van der Waals surface area contributed by atoms with Gasteiger partial charge in [0.2, 0.25) is 11.9 Å². The first-order valence-corrected chi connectivity index (χ1v) is 15.9. The molecule has 10 nitrogen and oxygen atoms in total. The number of hydrogen-bond donors (Lipinski definition) is 1. The Morgan fingerprint density at radius 3 is 2.37 bits per heavy atom. The lowest BCUT2D eigenvalue weighted by Crippen LogP contribution is -2.45. The molecule has 2 saturated heterocycles. The molecule has 2 aliphatic rings. The quantitative estimate of drug-likeness (QED) is 0.256.